The van der Waals surface area contributed by atoms with Gasteiger partial charge in [0.15, 0.2) is 0 Å². The molecule has 3 rings (SSSR count). The molecule has 0 aliphatic carbocycles. The highest BCUT2D eigenvalue weighted by molar-refractivity contribution is 5.98. The Morgan fingerprint density at radius 1 is 0.963 bits per heavy atom. The third kappa shape index (κ3) is 3.66. The van der Waals surface area contributed by atoms with Crippen LogP contribution in [0.15, 0.2) is 54.1 Å². The molecule has 1 aromatic heterocycles. The van der Waals surface area contributed by atoms with Gasteiger partial charge in [0.25, 0.3) is 0 Å². The first kappa shape index (κ1) is 19.3. The molecule has 0 aliphatic rings. The van der Waals surface area contributed by atoms with Gasteiger partial charge >= 0.3 is 6.18 Å². The number of alkyl halides is 3. The number of hydrogen-bond donors (Lipinski definition) is 0. The number of fused-ring (bicyclic) bond motifs is 1. The summed E-state index contributed by atoms with van der Waals surface area (Å²) >= 11 is 0. The maximum Gasteiger partial charge on any atom is 0.412 e. The zero-order valence-electron chi connectivity index (χ0n) is 16.3. The third-order valence-electron chi connectivity index (χ3n) is 4.96. The van der Waals surface area contributed by atoms with Crippen molar-refractivity contribution in [1.29, 1.82) is 0 Å². The Labute approximate surface area is 158 Å². The molecule has 0 aliphatic heterocycles. The van der Waals surface area contributed by atoms with E-state index >= 15 is 0 Å². The number of nitrogens with zero attached hydrogens (tertiary/aromatic N) is 1. The van der Waals surface area contributed by atoms with E-state index < -0.39 is 11.7 Å². The van der Waals surface area contributed by atoms with Gasteiger partial charge in [-0.05, 0) is 41.7 Å². The second-order valence-electron chi connectivity index (χ2n) is 7.99. The predicted molar refractivity (Wildman–Crippen MR) is 107 cm³/mol. The van der Waals surface area contributed by atoms with Gasteiger partial charge in [0, 0.05) is 29.1 Å². The standard InChI is InChI=1S/C23H24F3N/c1-15(23(24,25)26)13-19-18-11-6-7-12-20(18)27(5)21(19)16-9-8-10-17(14-16)22(2,3)4/h6-14H,1-5H3/b15-13+. The van der Waals surface area contributed by atoms with Crippen LogP contribution in [-0.2, 0) is 12.5 Å². The lowest BCUT2D eigenvalue weighted by molar-refractivity contribution is -0.0903. The molecule has 0 unspecified atom stereocenters. The minimum Gasteiger partial charge on any atom is -0.343 e. The molecule has 142 valence electrons. The Kier molecular flexibility index (Phi) is 4.71. The average molecular weight is 371 g/mol. The van der Waals surface area contributed by atoms with E-state index in [-0.39, 0.29) is 5.41 Å². The Hall–Kier alpha value is -2.49. The Balaban J connectivity index is 2.34. The molecular weight excluding hydrogens is 347 g/mol. The first-order chi connectivity index (χ1) is 12.5. The number of aryl methyl sites for hydroxylation is 1. The summed E-state index contributed by atoms with van der Waals surface area (Å²) < 4.78 is 41.6. The Bertz CT molecular complexity index is 1010. The van der Waals surface area contributed by atoms with Crippen molar-refractivity contribution in [3.05, 3.63) is 65.2 Å². The molecule has 0 bridgehead atoms. The molecule has 4 heteroatoms. The van der Waals surface area contributed by atoms with E-state index in [1.807, 2.05) is 48.0 Å². The number of allylic oxidation sites excluding steroid dienone is 1. The van der Waals surface area contributed by atoms with Crippen LogP contribution in [0.5, 0.6) is 0 Å². The predicted octanol–water partition coefficient (Wildman–Crippen LogP) is 7.11. The third-order valence-corrected chi connectivity index (χ3v) is 4.96. The molecule has 0 N–H and O–H groups in total. The Morgan fingerprint density at radius 2 is 1.63 bits per heavy atom. The van der Waals surface area contributed by atoms with Crippen LogP contribution in [0, 0.1) is 0 Å². The number of para-hydroxylation sites is 1. The van der Waals surface area contributed by atoms with Crippen molar-refractivity contribution < 1.29 is 13.2 Å². The van der Waals surface area contributed by atoms with Gasteiger partial charge < -0.3 is 4.57 Å². The summed E-state index contributed by atoms with van der Waals surface area (Å²) in [4.78, 5) is 0. The minimum absolute atomic E-state index is 0.0432. The average Bonchev–Trinajstić information content (AvgIpc) is 2.86. The number of hydrogen-bond acceptors (Lipinski definition) is 0. The van der Waals surface area contributed by atoms with E-state index in [4.69, 9.17) is 0 Å². The summed E-state index contributed by atoms with van der Waals surface area (Å²) in [6, 6.07) is 15.6. The maximum atomic E-state index is 13.2. The second-order valence-corrected chi connectivity index (χ2v) is 7.99. The molecule has 1 heterocycles. The second kappa shape index (κ2) is 6.59. The van der Waals surface area contributed by atoms with Crippen LogP contribution >= 0.6 is 0 Å². The zero-order valence-corrected chi connectivity index (χ0v) is 16.3. The van der Waals surface area contributed by atoms with Crippen molar-refractivity contribution in [1.82, 2.24) is 4.57 Å². The molecule has 0 atom stereocenters. The van der Waals surface area contributed by atoms with Crippen LogP contribution in [0.4, 0.5) is 13.2 Å². The Morgan fingerprint density at radius 3 is 2.26 bits per heavy atom. The van der Waals surface area contributed by atoms with Crippen LogP contribution < -0.4 is 0 Å². The number of rotatable bonds is 2. The molecule has 0 radical (unpaired) electrons. The van der Waals surface area contributed by atoms with Crippen molar-refractivity contribution in [3.8, 4) is 11.3 Å². The van der Waals surface area contributed by atoms with Crippen LogP contribution in [0.25, 0.3) is 28.2 Å². The lowest BCUT2D eigenvalue weighted by atomic mass is 9.85. The van der Waals surface area contributed by atoms with E-state index in [9.17, 15) is 13.2 Å². The van der Waals surface area contributed by atoms with Crippen molar-refractivity contribution in [3.63, 3.8) is 0 Å². The fourth-order valence-electron chi connectivity index (χ4n) is 3.35. The summed E-state index contributed by atoms with van der Waals surface area (Å²) in [7, 11) is 1.90. The molecule has 1 nitrogen and oxygen atoms in total. The lowest BCUT2D eigenvalue weighted by Gasteiger charge is -2.20. The van der Waals surface area contributed by atoms with Crippen LogP contribution in [0.1, 0.15) is 38.8 Å². The lowest BCUT2D eigenvalue weighted by Crippen LogP contribution is -2.11. The highest BCUT2D eigenvalue weighted by Gasteiger charge is 2.30. The summed E-state index contributed by atoms with van der Waals surface area (Å²) in [6.07, 6.45) is -3.08. The fraction of sp³-hybridized carbons (Fsp3) is 0.304. The maximum absolute atomic E-state index is 13.2. The summed E-state index contributed by atoms with van der Waals surface area (Å²) in [6.45, 7) is 7.50. The molecule has 0 amide bonds. The van der Waals surface area contributed by atoms with Gasteiger partial charge in [-0.25, -0.2) is 0 Å². The smallest absolute Gasteiger partial charge is 0.343 e. The molecule has 0 saturated heterocycles. The highest BCUT2D eigenvalue weighted by Crippen LogP contribution is 2.38. The van der Waals surface area contributed by atoms with Crippen LogP contribution in [0.2, 0.25) is 0 Å². The summed E-state index contributed by atoms with van der Waals surface area (Å²) in [5.74, 6) is 0. The van der Waals surface area contributed by atoms with Crippen molar-refractivity contribution in [2.24, 2.45) is 7.05 Å². The van der Waals surface area contributed by atoms with Crippen molar-refractivity contribution in [2.75, 3.05) is 0 Å². The van der Waals surface area contributed by atoms with Crippen LogP contribution in [-0.4, -0.2) is 10.7 Å². The first-order valence-electron chi connectivity index (χ1n) is 8.94. The molecule has 0 spiro atoms. The highest BCUT2D eigenvalue weighted by atomic mass is 19.4. The molecule has 0 fully saturated rings. The van der Waals surface area contributed by atoms with E-state index in [1.165, 1.54) is 6.08 Å². The topological polar surface area (TPSA) is 4.93 Å². The quantitative estimate of drug-likeness (QED) is 0.452. The summed E-state index contributed by atoms with van der Waals surface area (Å²) in [5.41, 5.74) is 3.73. The van der Waals surface area contributed by atoms with Gasteiger partial charge in [-0.2, -0.15) is 13.2 Å². The zero-order chi connectivity index (χ0) is 20.0. The number of benzene rings is 2. The van der Waals surface area contributed by atoms with Crippen molar-refractivity contribution >= 4 is 17.0 Å². The number of halogens is 3. The van der Waals surface area contributed by atoms with E-state index in [1.54, 1.807) is 0 Å². The van der Waals surface area contributed by atoms with E-state index in [0.29, 0.717) is 5.56 Å². The van der Waals surface area contributed by atoms with Crippen LogP contribution in [0.3, 0.4) is 0 Å². The fourth-order valence-corrected chi connectivity index (χ4v) is 3.35. The van der Waals surface area contributed by atoms with Gasteiger partial charge in [-0.15, -0.1) is 0 Å². The summed E-state index contributed by atoms with van der Waals surface area (Å²) in [5, 5.41) is 0.819. The molecule has 27 heavy (non-hydrogen) atoms. The molecule has 0 saturated carbocycles. The van der Waals surface area contributed by atoms with E-state index in [2.05, 4.69) is 32.9 Å². The minimum atomic E-state index is -4.35. The van der Waals surface area contributed by atoms with Gasteiger partial charge in [0.1, 0.15) is 0 Å². The van der Waals surface area contributed by atoms with Gasteiger partial charge in [-0.1, -0.05) is 57.2 Å². The molecular formula is C23H24F3N. The van der Waals surface area contributed by atoms with Crippen molar-refractivity contribution in [2.45, 2.75) is 39.3 Å². The SMILES string of the molecule is C/C(=C\c1c(-c2cccc(C(C)(C)C)c2)n(C)c2ccccc12)C(F)(F)F. The molecule has 3 aromatic rings. The van der Waals surface area contributed by atoms with Gasteiger partial charge in [0.2, 0.25) is 0 Å². The monoisotopic (exact) mass is 371 g/mol. The normalized spacial score (nSPS) is 13.4. The molecule has 2 aromatic carbocycles. The van der Waals surface area contributed by atoms with Gasteiger partial charge in [0.05, 0.1) is 5.69 Å². The first-order valence-corrected chi connectivity index (χ1v) is 8.94. The van der Waals surface area contributed by atoms with Gasteiger partial charge in [-0.3, -0.25) is 0 Å². The van der Waals surface area contributed by atoms with E-state index in [0.717, 1.165) is 34.6 Å². The number of aromatic nitrogens is 1. The largest absolute Gasteiger partial charge is 0.412 e.